The number of rotatable bonds is 5. The lowest BCUT2D eigenvalue weighted by Gasteiger charge is -2.18. The monoisotopic (exact) mass is 401 g/mol. The minimum atomic E-state index is -0.809. The summed E-state index contributed by atoms with van der Waals surface area (Å²) >= 11 is 6.17. The second kappa shape index (κ2) is 7.81. The van der Waals surface area contributed by atoms with Crippen LogP contribution in [-0.4, -0.2) is 44.7 Å². The molecule has 0 bridgehead atoms. The number of halogens is 1. The third-order valence-electron chi connectivity index (χ3n) is 5.05. The number of hydrogen-bond donors (Lipinski definition) is 2. The van der Waals surface area contributed by atoms with Crippen molar-refractivity contribution in [2.24, 2.45) is 7.05 Å². The Balaban J connectivity index is 2.03. The highest BCUT2D eigenvalue weighted by atomic mass is 35.5. The summed E-state index contributed by atoms with van der Waals surface area (Å²) in [7, 11) is 5.18. The van der Waals surface area contributed by atoms with Crippen LogP contribution in [0.15, 0.2) is 30.3 Å². The summed E-state index contributed by atoms with van der Waals surface area (Å²) in [5.74, 6) is 0.512. The molecule has 1 unspecified atom stereocenters. The number of aliphatic hydroxyl groups excluding tert-OH is 1. The summed E-state index contributed by atoms with van der Waals surface area (Å²) in [5.41, 5.74) is 2.66. The van der Waals surface area contributed by atoms with Gasteiger partial charge in [-0.05, 0) is 37.5 Å². The van der Waals surface area contributed by atoms with Crippen molar-refractivity contribution in [2.75, 3.05) is 14.1 Å². The van der Waals surface area contributed by atoms with Gasteiger partial charge in [-0.1, -0.05) is 29.8 Å². The third-order valence-corrected chi connectivity index (χ3v) is 5.39. The quantitative estimate of drug-likeness (QED) is 0.684. The molecule has 0 fully saturated rings. The number of aryl methyl sites for hydroxylation is 2. The van der Waals surface area contributed by atoms with Gasteiger partial charge in [0.25, 0.3) is 5.91 Å². The zero-order chi connectivity index (χ0) is 20.6. The average Bonchev–Trinajstić information content (AvgIpc) is 2.95. The standard InChI is InChI=1S/C21H24ClN3O3/c1-12-23-19-17(25(12)4)11-15(21(28)24(2)3)13(20(19)27)9-10-18(26)14-7-5-6-8-16(14)22/h5-8,11,18,26-27H,9-10H2,1-4H3. The van der Waals surface area contributed by atoms with E-state index in [9.17, 15) is 15.0 Å². The molecule has 2 aromatic carbocycles. The molecule has 0 saturated carbocycles. The SMILES string of the molecule is Cc1nc2c(O)c(CCC(O)c3ccccc3Cl)c(C(=O)N(C)C)cc2n1C. The van der Waals surface area contributed by atoms with Gasteiger partial charge >= 0.3 is 0 Å². The highest BCUT2D eigenvalue weighted by Crippen LogP contribution is 2.35. The molecule has 2 N–H and O–H groups in total. The van der Waals surface area contributed by atoms with Crippen LogP contribution >= 0.6 is 11.6 Å². The van der Waals surface area contributed by atoms with Crippen LogP contribution in [0.1, 0.15) is 39.8 Å². The molecule has 28 heavy (non-hydrogen) atoms. The van der Waals surface area contributed by atoms with E-state index in [1.807, 2.05) is 24.6 Å². The summed E-state index contributed by atoms with van der Waals surface area (Å²) in [6, 6.07) is 8.86. The second-order valence-electron chi connectivity index (χ2n) is 7.11. The topological polar surface area (TPSA) is 78.6 Å². The van der Waals surface area contributed by atoms with Crippen LogP contribution in [0.5, 0.6) is 5.75 Å². The molecule has 3 rings (SSSR count). The maximum absolute atomic E-state index is 12.7. The summed E-state index contributed by atoms with van der Waals surface area (Å²) in [4.78, 5) is 18.6. The van der Waals surface area contributed by atoms with E-state index in [1.165, 1.54) is 4.90 Å². The minimum Gasteiger partial charge on any atom is -0.505 e. The number of nitrogens with zero attached hydrogens (tertiary/aromatic N) is 3. The van der Waals surface area contributed by atoms with Crippen molar-refractivity contribution in [3.8, 4) is 5.75 Å². The maximum Gasteiger partial charge on any atom is 0.253 e. The van der Waals surface area contributed by atoms with Gasteiger partial charge in [0.05, 0.1) is 11.6 Å². The van der Waals surface area contributed by atoms with E-state index in [0.29, 0.717) is 45.6 Å². The van der Waals surface area contributed by atoms with Gasteiger partial charge in [-0.15, -0.1) is 0 Å². The van der Waals surface area contributed by atoms with Crippen molar-refractivity contribution in [3.05, 3.63) is 57.9 Å². The summed E-state index contributed by atoms with van der Waals surface area (Å²) in [6.45, 7) is 1.84. The Morgan fingerprint density at radius 3 is 2.64 bits per heavy atom. The average molecular weight is 402 g/mol. The van der Waals surface area contributed by atoms with E-state index in [-0.39, 0.29) is 11.7 Å². The van der Waals surface area contributed by atoms with Crippen LogP contribution in [0.4, 0.5) is 0 Å². The third kappa shape index (κ3) is 3.57. The Bertz CT molecular complexity index is 1040. The molecule has 0 spiro atoms. The van der Waals surface area contributed by atoms with Gasteiger partial charge in [-0.25, -0.2) is 4.98 Å². The highest BCUT2D eigenvalue weighted by molar-refractivity contribution is 6.31. The fourth-order valence-corrected chi connectivity index (χ4v) is 3.59. The number of fused-ring (bicyclic) bond motifs is 1. The molecule has 0 saturated heterocycles. The molecule has 1 atom stereocenters. The van der Waals surface area contributed by atoms with E-state index in [0.717, 1.165) is 5.82 Å². The minimum absolute atomic E-state index is 0.0160. The molecule has 1 heterocycles. The molecular formula is C21H24ClN3O3. The van der Waals surface area contributed by atoms with E-state index < -0.39 is 6.10 Å². The maximum atomic E-state index is 12.7. The first kappa shape index (κ1) is 20.2. The number of phenols is 1. The van der Waals surface area contributed by atoms with Gasteiger partial charge in [0, 0.05) is 37.3 Å². The van der Waals surface area contributed by atoms with E-state index in [1.54, 1.807) is 38.4 Å². The highest BCUT2D eigenvalue weighted by Gasteiger charge is 2.23. The van der Waals surface area contributed by atoms with Crippen molar-refractivity contribution in [3.63, 3.8) is 0 Å². The van der Waals surface area contributed by atoms with Gasteiger partial charge in [0.15, 0.2) is 0 Å². The number of carbonyl (C=O) groups is 1. The van der Waals surface area contributed by atoms with Crippen molar-refractivity contribution >= 4 is 28.5 Å². The molecule has 148 valence electrons. The second-order valence-corrected chi connectivity index (χ2v) is 7.52. The number of carbonyl (C=O) groups excluding carboxylic acids is 1. The number of amides is 1. The fourth-order valence-electron chi connectivity index (χ4n) is 3.33. The Labute approximate surface area is 169 Å². The van der Waals surface area contributed by atoms with E-state index >= 15 is 0 Å². The predicted octanol–water partition coefficient (Wildman–Crippen LogP) is 3.61. The summed E-state index contributed by atoms with van der Waals surface area (Å²) in [5, 5.41) is 21.9. The van der Waals surface area contributed by atoms with Crippen LogP contribution in [0.3, 0.4) is 0 Å². The first-order valence-electron chi connectivity index (χ1n) is 9.04. The smallest absolute Gasteiger partial charge is 0.253 e. The summed E-state index contributed by atoms with van der Waals surface area (Å²) in [6.07, 6.45) is -0.197. The fraction of sp³-hybridized carbons (Fsp3) is 0.333. The number of aromatic hydroxyl groups is 1. The lowest BCUT2D eigenvalue weighted by Crippen LogP contribution is -2.23. The Hall–Kier alpha value is -2.57. The Morgan fingerprint density at radius 2 is 2.00 bits per heavy atom. The van der Waals surface area contributed by atoms with Gasteiger partial charge in [0.1, 0.15) is 17.1 Å². The predicted molar refractivity (Wildman–Crippen MR) is 110 cm³/mol. The normalized spacial score (nSPS) is 12.4. The van der Waals surface area contributed by atoms with Crippen molar-refractivity contribution < 1.29 is 15.0 Å². The van der Waals surface area contributed by atoms with E-state index in [2.05, 4.69) is 4.98 Å². The van der Waals surface area contributed by atoms with Crippen LogP contribution in [-0.2, 0) is 13.5 Å². The molecule has 0 aliphatic carbocycles. The number of benzene rings is 2. The zero-order valence-electron chi connectivity index (χ0n) is 16.4. The number of aliphatic hydroxyl groups is 1. The van der Waals surface area contributed by atoms with Crippen molar-refractivity contribution in [1.29, 1.82) is 0 Å². The lowest BCUT2D eigenvalue weighted by atomic mass is 9.95. The van der Waals surface area contributed by atoms with E-state index in [4.69, 9.17) is 11.6 Å². The van der Waals surface area contributed by atoms with Crippen LogP contribution < -0.4 is 0 Å². The van der Waals surface area contributed by atoms with Crippen LogP contribution in [0.25, 0.3) is 11.0 Å². The molecule has 6 nitrogen and oxygen atoms in total. The van der Waals surface area contributed by atoms with Gasteiger partial charge in [0.2, 0.25) is 0 Å². The lowest BCUT2D eigenvalue weighted by molar-refractivity contribution is 0.0825. The molecule has 0 aliphatic rings. The van der Waals surface area contributed by atoms with Gasteiger partial charge in [-0.3, -0.25) is 4.79 Å². The molecule has 3 aromatic rings. The first-order chi connectivity index (χ1) is 13.2. The zero-order valence-corrected chi connectivity index (χ0v) is 17.2. The van der Waals surface area contributed by atoms with Crippen LogP contribution in [0.2, 0.25) is 5.02 Å². The molecule has 7 heteroatoms. The number of imidazole rings is 1. The Morgan fingerprint density at radius 1 is 1.32 bits per heavy atom. The Kier molecular flexibility index (Phi) is 5.63. The molecular weight excluding hydrogens is 378 g/mol. The number of aromatic nitrogens is 2. The van der Waals surface area contributed by atoms with Crippen LogP contribution in [0, 0.1) is 6.92 Å². The van der Waals surface area contributed by atoms with Gasteiger partial charge in [-0.2, -0.15) is 0 Å². The largest absolute Gasteiger partial charge is 0.505 e. The van der Waals surface area contributed by atoms with Gasteiger partial charge < -0.3 is 19.7 Å². The molecule has 0 aliphatic heterocycles. The molecule has 0 radical (unpaired) electrons. The summed E-state index contributed by atoms with van der Waals surface area (Å²) < 4.78 is 1.84. The van der Waals surface area contributed by atoms with Crippen molar-refractivity contribution in [1.82, 2.24) is 14.5 Å². The molecule has 1 amide bonds. The number of hydrogen-bond acceptors (Lipinski definition) is 4. The molecule has 1 aromatic heterocycles. The number of phenolic OH excluding ortho intramolecular Hbond substituents is 1. The van der Waals surface area contributed by atoms with Crippen molar-refractivity contribution in [2.45, 2.75) is 25.9 Å². The first-order valence-corrected chi connectivity index (χ1v) is 9.42.